The molecule has 0 unspecified atom stereocenters. The van der Waals surface area contributed by atoms with Crippen LogP contribution >= 0.6 is 22.7 Å². The molecule has 0 N–H and O–H groups in total. The summed E-state index contributed by atoms with van der Waals surface area (Å²) in [5.41, 5.74) is -0.185. The molecule has 0 bridgehead atoms. The van der Waals surface area contributed by atoms with Gasteiger partial charge in [0.1, 0.15) is 0 Å². The smallest absolute Gasteiger partial charge is 0.238 e. The first kappa shape index (κ1) is 17.1. The van der Waals surface area contributed by atoms with Crippen molar-refractivity contribution in [1.29, 1.82) is 0 Å². The molecule has 0 saturated carbocycles. The van der Waals surface area contributed by atoms with Crippen LogP contribution in [0.3, 0.4) is 0 Å². The van der Waals surface area contributed by atoms with Gasteiger partial charge in [0.15, 0.2) is 11.6 Å². The molecule has 0 amide bonds. The minimum Gasteiger partial charge on any atom is -0.277 e. The summed E-state index contributed by atoms with van der Waals surface area (Å²) in [5, 5.41) is 3.19. The number of thiophene rings is 2. The zero-order chi connectivity index (χ0) is 47.4. The summed E-state index contributed by atoms with van der Waals surface area (Å²) in [6.45, 7) is 0. The van der Waals surface area contributed by atoms with Gasteiger partial charge in [-0.1, -0.05) is 127 Å². The molecule has 0 saturated heterocycles. The Kier molecular flexibility index (Phi) is 3.75. The fourth-order valence-electron chi connectivity index (χ4n) is 6.65. The van der Waals surface area contributed by atoms with Gasteiger partial charge in [-0.2, -0.15) is 9.97 Å². The first-order chi connectivity index (χ1) is 31.9. The quantitative estimate of drug-likeness (QED) is 0.183. The Morgan fingerprint density at radius 3 is 2.04 bits per heavy atom. The highest BCUT2D eigenvalue weighted by molar-refractivity contribution is 7.26. The van der Waals surface area contributed by atoms with Gasteiger partial charge in [-0.3, -0.25) is 4.57 Å². The van der Waals surface area contributed by atoms with E-state index in [4.69, 9.17) is 27.8 Å². The van der Waals surface area contributed by atoms with Crippen LogP contribution in [0.5, 0.6) is 0 Å². The SMILES string of the molecule is [2H]c1c([2H])c([2H])c(-c2nc(-c3c([2H])c([2H])c4c(sc5c([2H])c([2H])c([2H])c(-c6c([2H])c([2H])c([2H])c([2H])c6[2H])c54)c3[2H])nc(-n3c4ccccc4c4ccc5sc6ccccc6c5c43)n2)c([2H])c1[2H]. The van der Waals surface area contributed by atoms with E-state index in [1.807, 2.05) is 60.7 Å². The Bertz CT molecular complexity index is 4030. The lowest BCUT2D eigenvalue weighted by atomic mass is 9.99. The van der Waals surface area contributed by atoms with E-state index in [1.165, 1.54) is 0 Å². The topological polar surface area (TPSA) is 43.6 Å². The zero-order valence-electron chi connectivity index (χ0n) is 41.9. The number of hydrogen-bond donors (Lipinski definition) is 0. The van der Waals surface area contributed by atoms with Crippen molar-refractivity contribution in [2.24, 2.45) is 0 Å². The van der Waals surface area contributed by atoms with E-state index in [0.717, 1.165) is 42.3 Å². The lowest BCUT2D eigenvalue weighted by Crippen LogP contribution is -2.06. The van der Waals surface area contributed by atoms with Gasteiger partial charge in [-0.25, -0.2) is 4.98 Å². The van der Waals surface area contributed by atoms with Crippen molar-refractivity contribution in [1.82, 2.24) is 19.5 Å². The summed E-state index contributed by atoms with van der Waals surface area (Å²) in [7, 11) is 0. The Hall–Kier alpha value is -6.21. The van der Waals surface area contributed by atoms with Crippen molar-refractivity contribution in [3.8, 4) is 39.9 Å². The Balaban J connectivity index is 1.29. The summed E-state index contributed by atoms with van der Waals surface area (Å²) < 4.78 is 145. The van der Waals surface area contributed by atoms with Crippen molar-refractivity contribution >= 4 is 84.8 Å². The van der Waals surface area contributed by atoms with E-state index >= 15 is 0 Å². The molecule has 0 spiro atoms. The molecule has 4 heterocycles. The Morgan fingerprint density at radius 2 is 1.20 bits per heavy atom. The normalized spacial score (nSPS) is 16.3. The molecule has 7 aromatic carbocycles. The van der Waals surface area contributed by atoms with Gasteiger partial charge < -0.3 is 0 Å². The summed E-state index contributed by atoms with van der Waals surface area (Å²) >= 11 is 2.36. The number of aromatic nitrogens is 4. The number of fused-ring (bicyclic) bond motifs is 10. The lowest BCUT2D eigenvalue weighted by Gasteiger charge is -2.11. The van der Waals surface area contributed by atoms with E-state index in [9.17, 15) is 4.11 Å². The second kappa shape index (κ2) is 11.2. The second-order valence-electron chi connectivity index (χ2n) is 11.6. The van der Waals surface area contributed by atoms with Gasteiger partial charge >= 0.3 is 0 Å². The molecular formula is C45H26N4S2. The van der Waals surface area contributed by atoms with Crippen LogP contribution in [0.4, 0.5) is 0 Å². The van der Waals surface area contributed by atoms with Crippen molar-refractivity contribution in [2.75, 3.05) is 0 Å². The number of nitrogens with zero attached hydrogens (tertiary/aromatic N) is 4. The monoisotopic (exact) mass is 702 g/mol. The molecule has 0 aliphatic rings. The minimum atomic E-state index is -0.711. The molecule has 4 aromatic heterocycles. The molecule has 0 aliphatic heterocycles. The van der Waals surface area contributed by atoms with Gasteiger partial charge in [0.05, 0.1) is 33.0 Å². The number of para-hydroxylation sites is 1. The van der Waals surface area contributed by atoms with Crippen LogP contribution in [0, 0.1) is 0 Å². The Labute approximate surface area is 323 Å². The average Bonchev–Trinajstić information content (AvgIpc) is 4.02. The third kappa shape index (κ3) is 4.40. The van der Waals surface area contributed by atoms with Crippen LogP contribution in [-0.2, 0) is 0 Å². The summed E-state index contributed by atoms with van der Waals surface area (Å²) in [4.78, 5) is 14.4. The van der Waals surface area contributed by atoms with Crippen LogP contribution in [0.2, 0.25) is 0 Å². The molecule has 238 valence electrons. The molecule has 6 heteroatoms. The van der Waals surface area contributed by atoms with Crippen LogP contribution in [0.15, 0.2) is 157 Å². The maximum absolute atomic E-state index is 9.75. The van der Waals surface area contributed by atoms with Gasteiger partial charge in [-0.05, 0) is 41.4 Å². The predicted molar refractivity (Wildman–Crippen MR) is 216 cm³/mol. The van der Waals surface area contributed by atoms with Gasteiger partial charge in [0, 0.05) is 62.2 Å². The predicted octanol–water partition coefficient (Wildman–Crippen LogP) is 12.7. The Morgan fingerprint density at radius 1 is 0.471 bits per heavy atom. The number of rotatable bonds is 4. The molecular weight excluding hydrogens is 661 g/mol. The largest absolute Gasteiger partial charge is 0.277 e. The third-order valence-electron chi connectivity index (χ3n) is 8.77. The van der Waals surface area contributed by atoms with Gasteiger partial charge in [0.25, 0.3) is 0 Å². The molecule has 11 rings (SSSR count). The van der Waals surface area contributed by atoms with Crippen molar-refractivity contribution in [3.63, 3.8) is 0 Å². The standard InChI is InChI=1S/C45H26N4S2/c1-3-12-27(13-4-1)30-18-11-21-37-40(30)34-23-22-29(26-39(34)51-37)44-46-43(28-14-5-2-6-15-28)47-45(48-44)49-35-19-9-7-16-31(35)32-24-25-38-41(42(32)49)33-17-8-10-20-36(33)50-38/h1-26H/i1D,2D,3D,4D,5D,6D,11D,12D,13D,14D,15D,18D,21D,22D,23D,26D. The maximum atomic E-state index is 9.75. The van der Waals surface area contributed by atoms with E-state index in [0.29, 0.717) is 11.0 Å². The van der Waals surface area contributed by atoms with Gasteiger partial charge in [0.2, 0.25) is 5.95 Å². The molecule has 51 heavy (non-hydrogen) atoms. The van der Waals surface area contributed by atoms with Crippen molar-refractivity contribution in [3.05, 3.63) is 157 Å². The maximum Gasteiger partial charge on any atom is 0.238 e. The van der Waals surface area contributed by atoms with E-state index in [1.54, 1.807) is 15.9 Å². The first-order valence-corrected chi connectivity index (χ1v) is 17.3. The van der Waals surface area contributed by atoms with E-state index in [2.05, 4.69) is 4.98 Å². The van der Waals surface area contributed by atoms with Crippen molar-refractivity contribution < 1.29 is 21.9 Å². The number of hydrogen-bond acceptors (Lipinski definition) is 5. The molecule has 0 aliphatic carbocycles. The van der Waals surface area contributed by atoms with Crippen LogP contribution in [-0.4, -0.2) is 19.5 Å². The second-order valence-corrected chi connectivity index (χ2v) is 13.7. The van der Waals surface area contributed by atoms with E-state index in [-0.39, 0.29) is 54.5 Å². The summed E-state index contributed by atoms with van der Waals surface area (Å²) in [6.07, 6.45) is 0. The highest BCUT2D eigenvalue weighted by Gasteiger charge is 2.22. The van der Waals surface area contributed by atoms with E-state index < -0.39 is 102 Å². The molecule has 11 aromatic rings. The highest BCUT2D eigenvalue weighted by atomic mass is 32.1. The van der Waals surface area contributed by atoms with Crippen molar-refractivity contribution in [2.45, 2.75) is 0 Å². The van der Waals surface area contributed by atoms with Gasteiger partial charge in [-0.15, -0.1) is 22.7 Å². The zero-order valence-corrected chi connectivity index (χ0v) is 27.5. The first-order valence-electron chi connectivity index (χ1n) is 23.6. The fourth-order valence-corrected chi connectivity index (χ4v) is 8.77. The average molecular weight is 703 g/mol. The fraction of sp³-hybridized carbons (Fsp3) is 0. The highest BCUT2D eigenvalue weighted by Crippen LogP contribution is 2.44. The van der Waals surface area contributed by atoms with Crippen LogP contribution < -0.4 is 0 Å². The molecule has 0 radical (unpaired) electrons. The number of benzene rings is 7. The minimum absolute atomic E-state index is 0.0345. The van der Waals surface area contributed by atoms with Crippen LogP contribution in [0.1, 0.15) is 21.9 Å². The summed E-state index contributed by atoms with van der Waals surface area (Å²) in [6, 6.07) is 9.30. The molecule has 0 atom stereocenters. The lowest BCUT2D eigenvalue weighted by molar-refractivity contribution is 0.955. The third-order valence-corrected chi connectivity index (χ3v) is 10.9. The van der Waals surface area contributed by atoms with Crippen LogP contribution in [0.25, 0.3) is 102 Å². The summed E-state index contributed by atoms with van der Waals surface area (Å²) in [5.74, 6) is -0.860. The molecule has 4 nitrogen and oxygen atoms in total. The molecule has 0 fully saturated rings.